The number of nitrogens with zero attached hydrogens (tertiary/aromatic N) is 1. The number of benzene rings is 1. The van der Waals surface area contributed by atoms with Gasteiger partial charge in [-0.3, -0.25) is 4.31 Å². The summed E-state index contributed by atoms with van der Waals surface area (Å²) in [4.78, 5) is 11.3. The first-order valence-electron chi connectivity index (χ1n) is 6.54. The summed E-state index contributed by atoms with van der Waals surface area (Å²) in [5.74, 6) is -0.548. The van der Waals surface area contributed by atoms with Crippen LogP contribution < -0.4 is 9.04 Å². The van der Waals surface area contributed by atoms with Gasteiger partial charge in [0.15, 0.2) is 0 Å². The normalized spacial score (nSPS) is 17.1. The zero-order valence-electron chi connectivity index (χ0n) is 12.3. The Morgan fingerprint density at radius 1 is 1.36 bits per heavy atom. The maximum absolute atomic E-state index is 12.1. The summed E-state index contributed by atoms with van der Waals surface area (Å²) in [5, 5.41) is 9.78. The Morgan fingerprint density at radius 3 is 2.64 bits per heavy atom. The number of carboxylic acids is 1. The molecule has 0 spiro atoms. The van der Waals surface area contributed by atoms with E-state index in [2.05, 4.69) is 0 Å². The molecule has 0 saturated heterocycles. The van der Waals surface area contributed by atoms with Gasteiger partial charge in [-0.15, -0.1) is 11.3 Å². The average molecular weight is 341 g/mol. The second-order valence-electron chi connectivity index (χ2n) is 5.90. The molecule has 0 atom stereocenters. The van der Waals surface area contributed by atoms with Crippen LogP contribution in [0.4, 0.5) is 5.69 Å². The molecule has 0 amide bonds. The third kappa shape index (κ3) is 2.52. The Morgan fingerprint density at radius 2 is 2.05 bits per heavy atom. The van der Waals surface area contributed by atoms with Gasteiger partial charge in [0, 0.05) is 10.8 Å². The zero-order chi connectivity index (χ0) is 16.3. The first kappa shape index (κ1) is 15.1. The van der Waals surface area contributed by atoms with Crippen LogP contribution in [0.5, 0.6) is 5.75 Å². The molecule has 2 heterocycles. The van der Waals surface area contributed by atoms with Crippen molar-refractivity contribution in [3.63, 3.8) is 0 Å². The van der Waals surface area contributed by atoms with Gasteiger partial charge in [0.1, 0.15) is 16.2 Å². The molecule has 0 aliphatic carbocycles. The number of hydrogen-bond donors (Lipinski definition) is 1. The van der Waals surface area contributed by atoms with Crippen molar-refractivity contribution >= 4 is 43.1 Å². The van der Waals surface area contributed by atoms with E-state index in [1.807, 2.05) is 13.8 Å². The molecule has 0 saturated carbocycles. The van der Waals surface area contributed by atoms with Crippen molar-refractivity contribution < 1.29 is 23.1 Å². The summed E-state index contributed by atoms with van der Waals surface area (Å²) in [6.07, 6.45) is 1.15. The van der Waals surface area contributed by atoms with Crippen LogP contribution in [0.25, 0.3) is 10.1 Å². The van der Waals surface area contributed by atoms with E-state index in [0.717, 1.165) is 22.3 Å². The highest BCUT2D eigenvalue weighted by Crippen LogP contribution is 2.42. The van der Waals surface area contributed by atoms with E-state index in [4.69, 9.17) is 9.84 Å². The van der Waals surface area contributed by atoms with Gasteiger partial charge >= 0.3 is 5.97 Å². The summed E-state index contributed by atoms with van der Waals surface area (Å²) in [6.45, 7) is 3.84. The van der Waals surface area contributed by atoms with Gasteiger partial charge in [0.05, 0.1) is 18.5 Å². The van der Waals surface area contributed by atoms with E-state index < -0.39 is 21.6 Å². The SMILES string of the molecule is CC1(C)CN(S(C)(=O)=O)c2cc3cc(C(=O)O)sc3cc2O1. The number of ether oxygens (including phenoxy) is 1. The van der Waals surface area contributed by atoms with Crippen LogP contribution in [0.1, 0.15) is 23.5 Å². The number of carboxylic acid groups (broad SMARTS) is 1. The Kier molecular flexibility index (Phi) is 3.16. The second-order valence-corrected chi connectivity index (χ2v) is 8.90. The fraction of sp³-hybridized carbons (Fsp3) is 0.357. The van der Waals surface area contributed by atoms with E-state index in [9.17, 15) is 13.2 Å². The summed E-state index contributed by atoms with van der Waals surface area (Å²) < 4.78 is 32.1. The molecule has 8 heteroatoms. The Labute approximate surface area is 132 Å². The lowest BCUT2D eigenvalue weighted by Crippen LogP contribution is -2.48. The van der Waals surface area contributed by atoms with Gasteiger partial charge in [-0.05, 0) is 31.4 Å². The van der Waals surface area contributed by atoms with Crippen molar-refractivity contribution in [1.82, 2.24) is 0 Å². The number of hydrogen-bond acceptors (Lipinski definition) is 5. The summed E-state index contributed by atoms with van der Waals surface area (Å²) in [7, 11) is -3.45. The molecule has 1 aromatic carbocycles. The molecule has 118 valence electrons. The standard InChI is InChI=1S/C14H15NO5S2/c1-14(2)7-15(22(3,18)19)9-4-8-5-12(13(16)17)21-11(8)6-10(9)20-14/h4-6H,7H2,1-3H3,(H,16,17). The van der Waals surface area contributed by atoms with E-state index in [1.165, 1.54) is 4.31 Å². The Balaban J connectivity index is 2.25. The lowest BCUT2D eigenvalue weighted by molar-refractivity contribution is 0.0702. The maximum Gasteiger partial charge on any atom is 0.345 e. The highest BCUT2D eigenvalue weighted by atomic mass is 32.2. The topological polar surface area (TPSA) is 83.9 Å². The lowest BCUT2D eigenvalue weighted by atomic mass is 10.1. The number of aromatic carboxylic acids is 1. The van der Waals surface area contributed by atoms with Crippen molar-refractivity contribution in [2.45, 2.75) is 19.4 Å². The number of rotatable bonds is 2. The van der Waals surface area contributed by atoms with Crippen molar-refractivity contribution in [3.05, 3.63) is 23.1 Å². The highest BCUT2D eigenvalue weighted by molar-refractivity contribution is 7.92. The molecular weight excluding hydrogens is 326 g/mol. The fourth-order valence-corrected chi connectivity index (χ4v) is 4.45. The Bertz CT molecular complexity index is 882. The molecule has 1 aliphatic rings. The van der Waals surface area contributed by atoms with Gasteiger partial charge < -0.3 is 9.84 Å². The first-order chi connectivity index (χ1) is 10.1. The first-order valence-corrected chi connectivity index (χ1v) is 9.21. The van der Waals surface area contributed by atoms with Crippen LogP contribution in [0, 0.1) is 0 Å². The van der Waals surface area contributed by atoms with E-state index >= 15 is 0 Å². The van der Waals surface area contributed by atoms with Crippen LogP contribution in [-0.4, -0.2) is 37.9 Å². The molecule has 0 fully saturated rings. The number of sulfonamides is 1. The predicted octanol–water partition coefficient (Wildman–Crippen LogP) is 2.54. The lowest BCUT2D eigenvalue weighted by Gasteiger charge is -2.39. The third-order valence-electron chi connectivity index (χ3n) is 3.39. The van der Waals surface area contributed by atoms with Crippen LogP contribution >= 0.6 is 11.3 Å². The fourth-order valence-electron chi connectivity index (χ4n) is 2.50. The molecule has 0 bridgehead atoms. The Hall–Kier alpha value is -1.80. The average Bonchev–Trinajstić information content (AvgIpc) is 2.76. The number of carbonyl (C=O) groups is 1. The molecule has 0 unspecified atom stereocenters. The smallest absolute Gasteiger partial charge is 0.345 e. The molecule has 3 rings (SSSR count). The monoisotopic (exact) mass is 341 g/mol. The van der Waals surface area contributed by atoms with E-state index in [0.29, 0.717) is 16.8 Å². The minimum absolute atomic E-state index is 0.209. The van der Waals surface area contributed by atoms with Gasteiger partial charge in [0.2, 0.25) is 10.0 Å². The second kappa shape index (κ2) is 4.60. The number of fused-ring (bicyclic) bond motifs is 2. The van der Waals surface area contributed by atoms with Gasteiger partial charge in [0.25, 0.3) is 0 Å². The third-order valence-corrected chi connectivity index (χ3v) is 5.60. The molecule has 6 nitrogen and oxygen atoms in total. The van der Waals surface area contributed by atoms with Crippen LogP contribution in [0.3, 0.4) is 0 Å². The van der Waals surface area contributed by atoms with E-state index in [1.54, 1.807) is 18.2 Å². The number of anilines is 1. The molecular formula is C14H15NO5S2. The molecule has 0 radical (unpaired) electrons. The largest absolute Gasteiger partial charge is 0.484 e. The van der Waals surface area contributed by atoms with Crippen LogP contribution in [0.2, 0.25) is 0 Å². The van der Waals surface area contributed by atoms with Crippen molar-refractivity contribution in [3.8, 4) is 5.75 Å². The molecule has 1 N–H and O–H groups in total. The highest BCUT2D eigenvalue weighted by Gasteiger charge is 2.36. The maximum atomic E-state index is 12.1. The predicted molar refractivity (Wildman–Crippen MR) is 85.7 cm³/mol. The zero-order valence-corrected chi connectivity index (χ0v) is 13.9. The van der Waals surface area contributed by atoms with Crippen molar-refractivity contribution in [2.24, 2.45) is 0 Å². The van der Waals surface area contributed by atoms with Gasteiger partial charge in [-0.25, -0.2) is 13.2 Å². The minimum atomic E-state index is -3.45. The van der Waals surface area contributed by atoms with Crippen molar-refractivity contribution in [2.75, 3.05) is 17.1 Å². The quantitative estimate of drug-likeness (QED) is 0.907. The summed E-state index contributed by atoms with van der Waals surface area (Å²) >= 11 is 1.14. The minimum Gasteiger partial charge on any atom is -0.484 e. The molecule has 22 heavy (non-hydrogen) atoms. The molecule has 1 aliphatic heterocycles. The molecule has 1 aromatic heterocycles. The van der Waals surface area contributed by atoms with Crippen LogP contribution in [-0.2, 0) is 10.0 Å². The molecule has 2 aromatic rings. The van der Waals surface area contributed by atoms with Gasteiger partial charge in [-0.2, -0.15) is 0 Å². The summed E-state index contributed by atoms with van der Waals surface area (Å²) in [6, 6.07) is 4.92. The van der Waals surface area contributed by atoms with Crippen LogP contribution in [0.15, 0.2) is 18.2 Å². The van der Waals surface area contributed by atoms with Gasteiger partial charge in [-0.1, -0.05) is 0 Å². The summed E-state index contributed by atoms with van der Waals surface area (Å²) in [5.41, 5.74) is -0.208. The number of thiophene rings is 1. The van der Waals surface area contributed by atoms with E-state index in [-0.39, 0.29) is 11.4 Å². The van der Waals surface area contributed by atoms with Crippen molar-refractivity contribution in [1.29, 1.82) is 0 Å².